The Kier molecular flexibility index (Phi) is 10.9. The SMILES string of the molecule is CC1=C([Si](C)(C)C)C1CN(CC(=O)O)C(=O)OCC1c2ccccc2-c2ccccc21.COC(=O)CNCC1C(C)=C1[Si](C)(C)C. The van der Waals surface area contributed by atoms with E-state index in [2.05, 4.69) is 87.4 Å². The third-order valence-electron chi connectivity index (χ3n) is 9.21. The molecule has 2 aromatic rings. The fourth-order valence-corrected chi connectivity index (χ4v) is 12.4. The number of rotatable bonds is 12. The molecule has 0 saturated carbocycles. The maximum absolute atomic E-state index is 12.9. The number of hydrogen-bond donors (Lipinski definition) is 2. The first-order chi connectivity index (χ1) is 21.6. The summed E-state index contributed by atoms with van der Waals surface area (Å²) in [5, 5.41) is 15.6. The number of esters is 1. The molecule has 0 saturated heterocycles. The maximum Gasteiger partial charge on any atom is 0.410 e. The van der Waals surface area contributed by atoms with Crippen molar-refractivity contribution in [2.24, 2.45) is 11.8 Å². The van der Waals surface area contributed by atoms with Crippen LogP contribution in [-0.2, 0) is 19.1 Å². The molecule has 10 heteroatoms. The monoisotopic (exact) mass is 662 g/mol. The lowest BCUT2D eigenvalue weighted by Gasteiger charge is -2.23. The van der Waals surface area contributed by atoms with Gasteiger partial charge in [0.2, 0.25) is 0 Å². The number of benzene rings is 2. The Hall–Kier alpha value is -3.48. The lowest BCUT2D eigenvalue weighted by Crippen LogP contribution is -2.39. The molecule has 5 rings (SSSR count). The molecule has 2 unspecified atom stereocenters. The van der Waals surface area contributed by atoms with Crippen LogP contribution >= 0.6 is 0 Å². The summed E-state index contributed by atoms with van der Waals surface area (Å²) in [4.78, 5) is 36.6. The highest BCUT2D eigenvalue weighted by atomic mass is 28.3. The molecular formula is C36H50N2O6Si2. The molecule has 3 aliphatic rings. The van der Waals surface area contributed by atoms with Gasteiger partial charge in [0.15, 0.2) is 0 Å². The number of hydrogen-bond acceptors (Lipinski definition) is 6. The van der Waals surface area contributed by atoms with Gasteiger partial charge in [0.1, 0.15) is 13.2 Å². The molecule has 8 nitrogen and oxygen atoms in total. The number of aliphatic carboxylic acids is 1. The highest BCUT2D eigenvalue weighted by Gasteiger charge is 2.43. The second-order valence-corrected chi connectivity index (χ2v) is 24.7. The van der Waals surface area contributed by atoms with E-state index in [0.29, 0.717) is 19.0 Å². The smallest absolute Gasteiger partial charge is 0.410 e. The van der Waals surface area contributed by atoms with Crippen molar-refractivity contribution in [1.82, 2.24) is 10.2 Å². The third kappa shape index (κ3) is 8.26. The van der Waals surface area contributed by atoms with Gasteiger partial charge in [-0.25, -0.2) is 4.79 Å². The molecule has 0 heterocycles. The summed E-state index contributed by atoms with van der Waals surface area (Å²) in [6.45, 7) is 19.7. The minimum absolute atomic E-state index is 0.0404. The second-order valence-electron chi connectivity index (χ2n) is 14.6. The minimum Gasteiger partial charge on any atom is -0.480 e. The molecule has 2 aromatic carbocycles. The van der Waals surface area contributed by atoms with Crippen LogP contribution in [0, 0.1) is 11.8 Å². The molecule has 0 aliphatic heterocycles. The summed E-state index contributed by atoms with van der Waals surface area (Å²) in [5.74, 6) is -0.446. The Morgan fingerprint density at radius 3 is 1.76 bits per heavy atom. The van der Waals surface area contributed by atoms with Gasteiger partial charge in [-0.2, -0.15) is 0 Å². The van der Waals surface area contributed by atoms with Gasteiger partial charge in [-0.05, 0) is 36.1 Å². The predicted molar refractivity (Wildman–Crippen MR) is 188 cm³/mol. The van der Waals surface area contributed by atoms with E-state index in [1.807, 2.05) is 24.3 Å². The average Bonchev–Trinajstić information content (AvgIpc) is 3.81. The Labute approximate surface area is 275 Å². The van der Waals surface area contributed by atoms with Crippen LogP contribution in [0.3, 0.4) is 0 Å². The third-order valence-corrected chi connectivity index (χ3v) is 13.9. The highest BCUT2D eigenvalue weighted by molar-refractivity contribution is 6.84. The van der Waals surface area contributed by atoms with Crippen LogP contribution in [0.4, 0.5) is 4.79 Å². The van der Waals surface area contributed by atoms with E-state index in [1.54, 1.807) is 5.20 Å². The highest BCUT2D eigenvalue weighted by Crippen LogP contribution is 2.47. The molecule has 2 atom stereocenters. The van der Waals surface area contributed by atoms with Gasteiger partial charge in [0.25, 0.3) is 0 Å². The Bertz CT molecular complexity index is 1510. The topological polar surface area (TPSA) is 105 Å². The van der Waals surface area contributed by atoms with Gasteiger partial charge >= 0.3 is 18.0 Å². The summed E-state index contributed by atoms with van der Waals surface area (Å²) in [5.41, 5.74) is 7.45. The van der Waals surface area contributed by atoms with E-state index in [-0.39, 0.29) is 31.0 Å². The summed E-state index contributed by atoms with van der Waals surface area (Å²) >= 11 is 0. The van der Waals surface area contributed by atoms with Crippen molar-refractivity contribution < 1.29 is 29.0 Å². The van der Waals surface area contributed by atoms with Crippen LogP contribution < -0.4 is 5.32 Å². The predicted octanol–water partition coefficient (Wildman–Crippen LogP) is 6.72. The van der Waals surface area contributed by atoms with E-state index in [9.17, 15) is 19.5 Å². The van der Waals surface area contributed by atoms with Gasteiger partial charge in [-0.3, -0.25) is 14.5 Å². The summed E-state index contributed by atoms with van der Waals surface area (Å²) in [6, 6.07) is 16.3. The normalized spacial score (nSPS) is 18.3. The summed E-state index contributed by atoms with van der Waals surface area (Å²) in [7, 11) is -1.15. The average molecular weight is 663 g/mol. The molecule has 0 radical (unpaired) electrons. The Morgan fingerprint density at radius 2 is 1.30 bits per heavy atom. The molecular weight excluding hydrogens is 613 g/mol. The molecule has 0 fully saturated rings. The van der Waals surface area contributed by atoms with Gasteiger partial charge < -0.3 is 19.9 Å². The Morgan fingerprint density at radius 1 is 0.804 bits per heavy atom. The molecule has 0 spiro atoms. The quantitative estimate of drug-likeness (QED) is 0.192. The van der Waals surface area contributed by atoms with E-state index in [1.165, 1.54) is 39.5 Å². The number of nitrogens with one attached hydrogen (secondary N) is 1. The first kappa shape index (κ1) is 35.4. The lowest BCUT2D eigenvalue weighted by atomic mass is 9.98. The van der Waals surface area contributed by atoms with E-state index in [4.69, 9.17) is 4.74 Å². The van der Waals surface area contributed by atoms with E-state index in [0.717, 1.165) is 17.7 Å². The maximum atomic E-state index is 12.9. The van der Waals surface area contributed by atoms with Gasteiger partial charge in [0, 0.05) is 30.8 Å². The van der Waals surface area contributed by atoms with Crippen molar-refractivity contribution in [2.45, 2.75) is 59.0 Å². The number of amides is 1. The molecule has 0 bridgehead atoms. The van der Waals surface area contributed by atoms with Gasteiger partial charge in [-0.15, -0.1) is 0 Å². The van der Waals surface area contributed by atoms with Crippen molar-refractivity contribution in [2.75, 3.05) is 39.9 Å². The van der Waals surface area contributed by atoms with E-state index < -0.39 is 28.2 Å². The van der Waals surface area contributed by atoms with Crippen LogP contribution in [0.5, 0.6) is 0 Å². The first-order valence-corrected chi connectivity index (χ1v) is 23.1. The number of nitrogens with zero attached hydrogens (tertiary/aromatic N) is 1. The van der Waals surface area contributed by atoms with Crippen molar-refractivity contribution in [1.29, 1.82) is 0 Å². The molecule has 46 heavy (non-hydrogen) atoms. The number of ether oxygens (including phenoxy) is 2. The van der Waals surface area contributed by atoms with Crippen LogP contribution in [0.1, 0.15) is 30.9 Å². The standard InChI is InChI=1S/C25H29NO4Si.C11H21NO2Si/c1-16-21(24(16)31(2,3)4)13-26(14-23(27)28)25(29)30-15-22-19-11-7-5-9-17(19)18-10-6-8-12-20(18)22;1-8-9(11(8)15(3,4)5)6-12-7-10(13)14-2/h5-12,21-22H,13-15H2,1-4H3,(H,27,28);9,12H,6-7H2,1-5H3. The Balaban J connectivity index is 0.000000270. The molecule has 248 valence electrons. The molecule has 3 aliphatic carbocycles. The molecule has 1 amide bonds. The van der Waals surface area contributed by atoms with Crippen molar-refractivity contribution in [3.63, 3.8) is 0 Å². The number of carbonyl (C=O) groups excluding carboxylic acids is 2. The fraction of sp³-hybridized carbons (Fsp3) is 0.472. The van der Waals surface area contributed by atoms with Gasteiger partial charge in [-0.1, -0.05) is 109 Å². The number of carboxylic acids is 1. The van der Waals surface area contributed by atoms with Crippen molar-refractivity contribution in [3.8, 4) is 11.1 Å². The summed E-state index contributed by atoms with van der Waals surface area (Å²) < 4.78 is 10.3. The van der Waals surface area contributed by atoms with Gasteiger partial charge in [0.05, 0.1) is 29.8 Å². The number of fused-ring (bicyclic) bond motifs is 3. The second kappa shape index (κ2) is 14.1. The molecule has 2 N–H and O–H groups in total. The zero-order valence-electron chi connectivity index (χ0n) is 28.8. The molecule has 0 aromatic heterocycles. The van der Waals surface area contributed by atoms with Crippen molar-refractivity contribution in [3.05, 3.63) is 81.2 Å². The number of carbonyl (C=O) groups is 3. The van der Waals surface area contributed by atoms with Crippen LogP contribution in [0.2, 0.25) is 39.3 Å². The number of methoxy groups -OCH3 is 1. The van der Waals surface area contributed by atoms with Crippen LogP contribution in [0.15, 0.2) is 70.1 Å². The lowest BCUT2D eigenvalue weighted by molar-refractivity contribution is -0.139. The fourth-order valence-electron chi connectivity index (χ4n) is 7.16. The zero-order valence-corrected chi connectivity index (χ0v) is 30.8. The van der Waals surface area contributed by atoms with Crippen molar-refractivity contribution >= 4 is 34.2 Å². The first-order valence-electron chi connectivity index (χ1n) is 16.1. The minimum atomic E-state index is -1.46. The largest absolute Gasteiger partial charge is 0.480 e. The zero-order chi connectivity index (χ0) is 34.0. The number of carboxylic acid groups (broad SMARTS) is 1. The summed E-state index contributed by atoms with van der Waals surface area (Å²) in [6.07, 6.45) is -0.557. The van der Waals surface area contributed by atoms with Crippen LogP contribution in [0.25, 0.3) is 11.1 Å². The van der Waals surface area contributed by atoms with Crippen LogP contribution in [-0.4, -0.2) is 84.1 Å². The van der Waals surface area contributed by atoms with E-state index >= 15 is 0 Å².